The van der Waals surface area contributed by atoms with Crippen molar-refractivity contribution < 1.29 is 17.9 Å². The van der Waals surface area contributed by atoms with Gasteiger partial charge in [-0.1, -0.05) is 11.6 Å². The number of ether oxygens (including phenoxy) is 1. The molecule has 0 saturated heterocycles. The van der Waals surface area contributed by atoms with Crippen LogP contribution >= 0.6 is 11.6 Å². The van der Waals surface area contributed by atoms with Crippen molar-refractivity contribution >= 4 is 23.1 Å². The summed E-state index contributed by atoms with van der Waals surface area (Å²) >= 11 is 5.91. The number of alkyl halides is 2. The molecule has 0 spiro atoms. The minimum Gasteiger partial charge on any atom is -0.386 e. The van der Waals surface area contributed by atoms with E-state index in [2.05, 4.69) is 15.4 Å². The number of benzene rings is 1. The van der Waals surface area contributed by atoms with E-state index in [9.17, 15) is 13.2 Å². The van der Waals surface area contributed by atoms with Crippen molar-refractivity contribution in [2.24, 2.45) is 10.7 Å². The normalized spacial score (nSPS) is 20.3. The molecule has 0 amide bonds. The third-order valence-corrected chi connectivity index (χ3v) is 4.30. The Bertz CT molecular complexity index is 841. The Morgan fingerprint density at radius 3 is 2.88 bits per heavy atom. The number of rotatable bonds is 5. The zero-order chi connectivity index (χ0) is 18.9. The number of aliphatic imine (C=N–C) groups is 1. The van der Waals surface area contributed by atoms with Crippen LogP contribution in [0.25, 0.3) is 0 Å². The minimum atomic E-state index is -2.77. The van der Waals surface area contributed by atoms with Gasteiger partial charge in [0.25, 0.3) is 0 Å². The highest BCUT2D eigenvalue weighted by Gasteiger charge is 2.32. The van der Waals surface area contributed by atoms with Crippen LogP contribution in [0.4, 0.5) is 18.9 Å². The first-order valence-electron chi connectivity index (χ1n) is 7.76. The van der Waals surface area contributed by atoms with E-state index in [-0.39, 0.29) is 30.5 Å². The highest BCUT2D eigenvalue weighted by molar-refractivity contribution is 6.31. The predicted molar refractivity (Wildman–Crippen MR) is 92.0 cm³/mol. The van der Waals surface area contributed by atoms with E-state index < -0.39 is 17.9 Å². The lowest BCUT2D eigenvalue weighted by molar-refractivity contribution is 0.0562. The molecule has 2 heterocycles. The molecular weight excluding hydrogens is 371 g/mol. The molecule has 10 heteroatoms. The molecule has 2 aromatic rings. The van der Waals surface area contributed by atoms with Gasteiger partial charge in [0.05, 0.1) is 18.2 Å². The van der Waals surface area contributed by atoms with Gasteiger partial charge in [-0.05, 0) is 25.1 Å². The Kier molecular flexibility index (Phi) is 5.10. The summed E-state index contributed by atoms with van der Waals surface area (Å²) in [6.45, 7) is -0.544. The molecule has 1 aliphatic heterocycles. The molecule has 6 nitrogen and oxygen atoms in total. The number of aromatic nitrogens is 2. The summed E-state index contributed by atoms with van der Waals surface area (Å²) in [5, 5.41) is 6.83. The van der Waals surface area contributed by atoms with E-state index in [0.29, 0.717) is 21.8 Å². The molecule has 3 rings (SSSR count). The SMILES string of the molecule is CC1(c2cc(NCc3nn(C(F)F)cc3Cl)ccc2F)COCC(N)=N1. The molecule has 140 valence electrons. The zero-order valence-corrected chi connectivity index (χ0v) is 14.6. The van der Waals surface area contributed by atoms with Gasteiger partial charge in [0, 0.05) is 17.4 Å². The number of anilines is 1. The van der Waals surface area contributed by atoms with Gasteiger partial charge in [0.15, 0.2) is 0 Å². The van der Waals surface area contributed by atoms with Gasteiger partial charge in [0.2, 0.25) is 0 Å². The second-order valence-corrected chi connectivity index (χ2v) is 6.51. The van der Waals surface area contributed by atoms with Crippen LogP contribution in [0.5, 0.6) is 0 Å². The highest BCUT2D eigenvalue weighted by atomic mass is 35.5. The number of nitrogens with two attached hydrogens (primary N) is 1. The van der Waals surface area contributed by atoms with Crippen molar-refractivity contribution in [2.75, 3.05) is 18.5 Å². The van der Waals surface area contributed by atoms with Gasteiger partial charge in [0.1, 0.15) is 29.5 Å². The van der Waals surface area contributed by atoms with Crippen molar-refractivity contribution in [1.82, 2.24) is 9.78 Å². The van der Waals surface area contributed by atoms with Crippen LogP contribution in [-0.4, -0.2) is 28.8 Å². The molecule has 26 heavy (non-hydrogen) atoms. The van der Waals surface area contributed by atoms with Crippen molar-refractivity contribution in [2.45, 2.75) is 25.6 Å². The number of halogens is 4. The maximum atomic E-state index is 14.3. The van der Waals surface area contributed by atoms with E-state index in [0.717, 1.165) is 6.20 Å². The van der Waals surface area contributed by atoms with Gasteiger partial charge < -0.3 is 15.8 Å². The second-order valence-electron chi connectivity index (χ2n) is 6.10. The second kappa shape index (κ2) is 7.16. The fraction of sp³-hybridized carbons (Fsp3) is 0.375. The first-order chi connectivity index (χ1) is 12.3. The van der Waals surface area contributed by atoms with E-state index >= 15 is 0 Å². The molecule has 1 unspecified atom stereocenters. The van der Waals surface area contributed by atoms with Crippen molar-refractivity contribution in [1.29, 1.82) is 0 Å². The number of hydrogen-bond acceptors (Lipinski definition) is 5. The molecule has 3 N–H and O–H groups in total. The summed E-state index contributed by atoms with van der Waals surface area (Å²) in [5.74, 6) is -0.152. The van der Waals surface area contributed by atoms with E-state index in [4.69, 9.17) is 22.1 Å². The molecule has 0 radical (unpaired) electrons. The predicted octanol–water partition coefficient (Wildman–Crippen LogP) is 3.29. The van der Waals surface area contributed by atoms with Crippen LogP contribution in [-0.2, 0) is 16.8 Å². The third kappa shape index (κ3) is 3.78. The molecule has 1 atom stereocenters. The van der Waals surface area contributed by atoms with Crippen LogP contribution in [0.2, 0.25) is 5.02 Å². The Morgan fingerprint density at radius 2 is 2.23 bits per heavy atom. The molecule has 1 aromatic carbocycles. The fourth-order valence-corrected chi connectivity index (χ4v) is 2.94. The van der Waals surface area contributed by atoms with Gasteiger partial charge in [-0.15, -0.1) is 0 Å². The monoisotopic (exact) mass is 387 g/mol. The number of hydrogen-bond donors (Lipinski definition) is 2. The molecule has 0 fully saturated rings. The summed E-state index contributed by atoms with van der Waals surface area (Å²) < 4.78 is 45.5. The van der Waals surface area contributed by atoms with Crippen molar-refractivity contribution in [3.05, 3.63) is 46.5 Å². The first kappa shape index (κ1) is 18.5. The van der Waals surface area contributed by atoms with Crippen LogP contribution in [0.15, 0.2) is 29.4 Å². The van der Waals surface area contributed by atoms with Crippen LogP contribution in [0, 0.1) is 5.82 Å². The first-order valence-corrected chi connectivity index (χ1v) is 8.14. The van der Waals surface area contributed by atoms with Crippen molar-refractivity contribution in [3.8, 4) is 0 Å². The Labute approximate surface area is 152 Å². The molecule has 0 aliphatic carbocycles. The lowest BCUT2D eigenvalue weighted by Crippen LogP contribution is -2.38. The van der Waals surface area contributed by atoms with E-state index in [1.807, 2.05) is 0 Å². The maximum Gasteiger partial charge on any atom is 0.333 e. The van der Waals surface area contributed by atoms with Gasteiger partial charge in [-0.2, -0.15) is 13.9 Å². The van der Waals surface area contributed by atoms with Crippen LogP contribution < -0.4 is 11.1 Å². The molecule has 1 aliphatic rings. The lowest BCUT2D eigenvalue weighted by atomic mass is 9.92. The molecule has 0 saturated carbocycles. The number of nitrogens with zero attached hydrogens (tertiary/aromatic N) is 3. The fourth-order valence-electron chi connectivity index (χ4n) is 2.73. The summed E-state index contributed by atoms with van der Waals surface area (Å²) in [6, 6.07) is 4.40. The van der Waals surface area contributed by atoms with Crippen LogP contribution in [0.1, 0.15) is 24.7 Å². The van der Waals surface area contributed by atoms with Crippen LogP contribution in [0.3, 0.4) is 0 Å². The molecule has 0 bridgehead atoms. The standard InChI is InChI=1S/C16H17ClF3N5O/c1-16(8-26-7-14(21)23-16)10-4-9(2-3-12(10)18)22-5-13-11(17)6-25(24-13)15(19)20/h2-4,6,15,22H,5,7-8H2,1H3,(H2,21,23). The van der Waals surface area contributed by atoms with Gasteiger partial charge in [-0.3, -0.25) is 4.99 Å². The Hall–Kier alpha value is -2.26. The zero-order valence-electron chi connectivity index (χ0n) is 13.8. The van der Waals surface area contributed by atoms with Gasteiger partial charge >= 0.3 is 6.55 Å². The third-order valence-electron chi connectivity index (χ3n) is 3.99. The largest absolute Gasteiger partial charge is 0.386 e. The quantitative estimate of drug-likeness (QED) is 0.825. The number of nitrogens with one attached hydrogen (secondary N) is 1. The van der Waals surface area contributed by atoms with Gasteiger partial charge in [-0.25, -0.2) is 9.07 Å². The average molecular weight is 388 g/mol. The Morgan fingerprint density at radius 1 is 1.46 bits per heavy atom. The van der Waals surface area contributed by atoms with E-state index in [1.165, 1.54) is 12.1 Å². The highest BCUT2D eigenvalue weighted by Crippen LogP contribution is 2.32. The summed E-state index contributed by atoms with van der Waals surface area (Å²) in [6.07, 6.45) is 1.05. The minimum absolute atomic E-state index is 0.0995. The summed E-state index contributed by atoms with van der Waals surface area (Å²) in [5.41, 5.74) is 5.90. The Balaban J connectivity index is 1.81. The number of amidine groups is 1. The molecule has 1 aromatic heterocycles. The topological polar surface area (TPSA) is 77.5 Å². The smallest absolute Gasteiger partial charge is 0.333 e. The molecular formula is C16H17ClF3N5O. The summed E-state index contributed by atoms with van der Waals surface area (Å²) in [7, 11) is 0. The van der Waals surface area contributed by atoms with E-state index in [1.54, 1.807) is 13.0 Å². The average Bonchev–Trinajstić information content (AvgIpc) is 2.95. The lowest BCUT2D eigenvalue weighted by Gasteiger charge is -2.30. The van der Waals surface area contributed by atoms with Crippen molar-refractivity contribution in [3.63, 3.8) is 0 Å². The maximum absolute atomic E-state index is 14.3. The summed E-state index contributed by atoms with van der Waals surface area (Å²) in [4.78, 5) is 4.32.